The van der Waals surface area contributed by atoms with Crippen molar-refractivity contribution in [2.45, 2.75) is 31.2 Å². The first-order valence-electron chi connectivity index (χ1n) is 6.98. The van der Waals surface area contributed by atoms with Gasteiger partial charge in [-0.3, -0.25) is 4.79 Å². The molecule has 0 radical (unpaired) electrons. The summed E-state index contributed by atoms with van der Waals surface area (Å²) in [5.41, 5.74) is 5.97. The van der Waals surface area contributed by atoms with Gasteiger partial charge < -0.3 is 21.0 Å². The molecule has 1 heterocycles. The van der Waals surface area contributed by atoms with Crippen molar-refractivity contribution >= 4 is 11.7 Å². The molecule has 6 heteroatoms. The molecule has 0 aliphatic carbocycles. The molecule has 1 saturated heterocycles. The Balaban J connectivity index is 2.19. The van der Waals surface area contributed by atoms with Crippen LogP contribution in [0.15, 0.2) is 35.5 Å². The van der Waals surface area contributed by atoms with E-state index in [0.29, 0.717) is 18.8 Å². The molecular weight excluding hydrogens is 270 g/mol. The maximum atomic E-state index is 12.6. The minimum Gasteiger partial charge on any atom is -0.409 e. The summed E-state index contributed by atoms with van der Waals surface area (Å²) in [6, 6.07) is 9.03. The van der Waals surface area contributed by atoms with E-state index in [2.05, 4.69) is 10.5 Å². The highest BCUT2D eigenvalue weighted by Crippen LogP contribution is 2.22. The van der Waals surface area contributed by atoms with E-state index in [1.165, 1.54) is 0 Å². The Morgan fingerprint density at radius 2 is 2.19 bits per heavy atom. The Hall–Kier alpha value is -2.08. The number of amidine groups is 1. The highest BCUT2D eigenvalue weighted by molar-refractivity contribution is 6.07. The lowest BCUT2D eigenvalue weighted by molar-refractivity contribution is -0.124. The number of hydrogen-bond acceptors (Lipinski definition) is 4. The summed E-state index contributed by atoms with van der Waals surface area (Å²) >= 11 is 0. The monoisotopic (exact) mass is 291 g/mol. The standard InChI is InChI=1S/C15H21N3O3/c1-15(8-5-9-21-10-15)17-14(19)12(13(16)18-20)11-6-3-2-4-7-11/h2-4,6-7,12,20H,5,8-10H2,1H3,(H2,16,18)(H,17,19). The summed E-state index contributed by atoms with van der Waals surface area (Å²) in [6.45, 7) is 3.13. The average Bonchev–Trinajstić information content (AvgIpc) is 2.48. The summed E-state index contributed by atoms with van der Waals surface area (Å²) in [4.78, 5) is 12.6. The zero-order chi connectivity index (χ0) is 15.3. The maximum absolute atomic E-state index is 12.6. The van der Waals surface area contributed by atoms with Crippen LogP contribution in [-0.2, 0) is 9.53 Å². The molecule has 4 N–H and O–H groups in total. The molecule has 1 aromatic carbocycles. The van der Waals surface area contributed by atoms with Crippen molar-refractivity contribution in [2.75, 3.05) is 13.2 Å². The molecule has 2 rings (SSSR count). The fraction of sp³-hybridized carbons (Fsp3) is 0.467. The number of amides is 1. The highest BCUT2D eigenvalue weighted by atomic mass is 16.5. The normalized spacial score (nSPS) is 24.3. The average molecular weight is 291 g/mol. The zero-order valence-electron chi connectivity index (χ0n) is 12.1. The van der Waals surface area contributed by atoms with E-state index in [1.807, 2.05) is 25.1 Å². The number of nitrogens with zero attached hydrogens (tertiary/aromatic N) is 1. The van der Waals surface area contributed by atoms with Crippen LogP contribution < -0.4 is 11.1 Å². The van der Waals surface area contributed by atoms with Crippen molar-refractivity contribution in [1.29, 1.82) is 0 Å². The fourth-order valence-electron chi connectivity index (χ4n) is 2.56. The van der Waals surface area contributed by atoms with Crippen molar-refractivity contribution in [3.63, 3.8) is 0 Å². The third-order valence-electron chi connectivity index (χ3n) is 3.67. The van der Waals surface area contributed by atoms with Crippen molar-refractivity contribution in [3.05, 3.63) is 35.9 Å². The lowest BCUT2D eigenvalue weighted by atomic mass is 9.91. The predicted octanol–water partition coefficient (Wildman–Crippen LogP) is 1.20. The van der Waals surface area contributed by atoms with Crippen LogP contribution >= 0.6 is 0 Å². The number of benzene rings is 1. The number of nitrogens with two attached hydrogens (primary N) is 1. The van der Waals surface area contributed by atoms with E-state index in [1.54, 1.807) is 12.1 Å². The SMILES string of the molecule is CC1(NC(=O)C(/C(N)=N/O)c2ccccc2)CCCOC1. The van der Waals surface area contributed by atoms with E-state index in [0.717, 1.165) is 12.8 Å². The lowest BCUT2D eigenvalue weighted by Crippen LogP contribution is -2.54. The zero-order valence-corrected chi connectivity index (χ0v) is 12.1. The van der Waals surface area contributed by atoms with Crippen molar-refractivity contribution in [3.8, 4) is 0 Å². The summed E-state index contributed by atoms with van der Waals surface area (Å²) in [6.07, 6.45) is 1.74. The topological polar surface area (TPSA) is 96.9 Å². The van der Waals surface area contributed by atoms with Crippen LogP contribution in [0.5, 0.6) is 0 Å². The van der Waals surface area contributed by atoms with Crippen LogP contribution in [-0.4, -0.2) is 35.7 Å². The van der Waals surface area contributed by atoms with Crippen LogP contribution in [0.4, 0.5) is 0 Å². The molecule has 0 spiro atoms. The Labute approximate surface area is 124 Å². The van der Waals surface area contributed by atoms with Gasteiger partial charge in [-0.2, -0.15) is 0 Å². The van der Waals surface area contributed by atoms with Gasteiger partial charge >= 0.3 is 0 Å². The first-order chi connectivity index (χ1) is 10.1. The summed E-state index contributed by atoms with van der Waals surface area (Å²) < 4.78 is 5.43. The van der Waals surface area contributed by atoms with Gasteiger partial charge in [-0.1, -0.05) is 35.5 Å². The van der Waals surface area contributed by atoms with E-state index >= 15 is 0 Å². The summed E-state index contributed by atoms with van der Waals surface area (Å²) in [5, 5.41) is 14.9. The van der Waals surface area contributed by atoms with Crippen LogP contribution in [0, 0.1) is 0 Å². The maximum Gasteiger partial charge on any atom is 0.235 e. The Bertz CT molecular complexity index is 510. The molecule has 114 valence electrons. The fourth-order valence-corrected chi connectivity index (χ4v) is 2.56. The first-order valence-corrected chi connectivity index (χ1v) is 6.98. The summed E-state index contributed by atoms with van der Waals surface area (Å²) in [5.74, 6) is -1.22. The van der Waals surface area contributed by atoms with Gasteiger partial charge in [-0.05, 0) is 25.3 Å². The Kier molecular flexibility index (Phi) is 4.80. The van der Waals surface area contributed by atoms with E-state index in [9.17, 15) is 4.79 Å². The summed E-state index contributed by atoms with van der Waals surface area (Å²) in [7, 11) is 0. The largest absolute Gasteiger partial charge is 0.409 e. The molecule has 2 unspecified atom stereocenters. The first kappa shape index (κ1) is 15.3. The van der Waals surface area contributed by atoms with Gasteiger partial charge in [0.15, 0.2) is 5.84 Å². The van der Waals surface area contributed by atoms with Crippen molar-refractivity contribution < 1.29 is 14.7 Å². The van der Waals surface area contributed by atoms with Gasteiger partial charge in [0.05, 0.1) is 12.1 Å². The Morgan fingerprint density at radius 1 is 1.48 bits per heavy atom. The van der Waals surface area contributed by atoms with Gasteiger partial charge in [-0.25, -0.2) is 0 Å². The lowest BCUT2D eigenvalue weighted by Gasteiger charge is -2.35. The molecule has 2 atom stereocenters. The second-order valence-electron chi connectivity index (χ2n) is 5.57. The number of ether oxygens (including phenoxy) is 1. The van der Waals surface area contributed by atoms with Crippen LogP contribution in [0.2, 0.25) is 0 Å². The molecule has 0 bridgehead atoms. The molecule has 1 fully saturated rings. The third-order valence-corrected chi connectivity index (χ3v) is 3.67. The Morgan fingerprint density at radius 3 is 2.76 bits per heavy atom. The second kappa shape index (κ2) is 6.58. The number of hydrogen-bond donors (Lipinski definition) is 3. The molecule has 21 heavy (non-hydrogen) atoms. The van der Waals surface area contributed by atoms with Crippen LogP contribution in [0.25, 0.3) is 0 Å². The number of nitrogens with one attached hydrogen (secondary N) is 1. The predicted molar refractivity (Wildman–Crippen MR) is 79.2 cm³/mol. The molecule has 0 aromatic heterocycles. The molecule has 6 nitrogen and oxygen atoms in total. The number of oxime groups is 1. The molecule has 1 aromatic rings. The van der Waals surface area contributed by atoms with E-state index < -0.39 is 11.5 Å². The molecule has 1 aliphatic rings. The van der Waals surface area contributed by atoms with E-state index in [-0.39, 0.29) is 11.7 Å². The minimum absolute atomic E-state index is 0.126. The van der Waals surface area contributed by atoms with Gasteiger partial charge in [0.2, 0.25) is 5.91 Å². The van der Waals surface area contributed by atoms with Gasteiger partial charge in [0.1, 0.15) is 5.92 Å². The second-order valence-corrected chi connectivity index (χ2v) is 5.57. The van der Waals surface area contributed by atoms with Crippen molar-refractivity contribution in [2.24, 2.45) is 10.9 Å². The number of carbonyl (C=O) groups excluding carboxylic acids is 1. The highest BCUT2D eigenvalue weighted by Gasteiger charge is 2.34. The minimum atomic E-state index is -0.810. The number of carbonyl (C=O) groups is 1. The van der Waals surface area contributed by atoms with Gasteiger partial charge in [0, 0.05) is 6.61 Å². The number of rotatable bonds is 4. The van der Waals surface area contributed by atoms with Crippen LogP contribution in [0.1, 0.15) is 31.2 Å². The van der Waals surface area contributed by atoms with Gasteiger partial charge in [-0.15, -0.1) is 0 Å². The molecule has 1 aliphatic heterocycles. The van der Waals surface area contributed by atoms with E-state index in [4.69, 9.17) is 15.7 Å². The van der Waals surface area contributed by atoms with Crippen molar-refractivity contribution in [1.82, 2.24) is 5.32 Å². The molecule has 1 amide bonds. The quantitative estimate of drug-likeness (QED) is 0.336. The van der Waals surface area contributed by atoms with Gasteiger partial charge in [0.25, 0.3) is 0 Å². The molecule has 0 saturated carbocycles. The van der Waals surface area contributed by atoms with Crippen LogP contribution in [0.3, 0.4) is 0 Å². The third kappa shape index (κ3) is 3.72. The smallest absolute Gasteiger partial charge is 0.235 e. The molecular formula is C15H21N3O3.